The van der Waals surface area contributed by atoms with Gasteiger partial charge >= 0.3 is 0 Å². The Balaban J connectivity index is 0.00000220. The van der Waals surface area contributed by atoms with E-state index < -0.39 is 0 Å². The van der Waals surface area contributed by atoms with Crippen LogP contribution < -0.4 is 10.6 Å². The third-order valence-corrected chi connectivity index (χ3v) is 3.74. The lowest BCUT2D eigenvalue weighted by Gasteiger charge is -2.16. The first kappa shape index (κ1) is 18.2. The standard InChI is InChI=1S/C16H24FN3.HI/c1-18-16(20-15-9-2-3-10-15)19-11-5-7-13-6-4-8-14(17)12-13;/h4,6,8,12,15H,2-3,5,7,9-11H2,1H3,(H2,18,19,20);1H. The number of hydrogen-bond acceptors (Lipinski definition) is 1. The fourth-order valence-corrected chi connectivity index (χ4v) is 2.65. The van der Waals surface area contributed by atoms with E-state index in [0.29, 0.717) is 6.04 Å². The summed E-state index contributed by atoms with van der Waals surface area (Å²) in [6, 6.07) is 7.39. The molecule has 0 spiro atoms. The Labute approximate surface area is 143 Å². The number of guanidine groups is 1. The molecule has 1 aliphatic carbocycles. The molecule has 1 aliphatic rings. The molecule has 2 rings (SSSR count). The first-order chi connectivity index (χ1) is 9.78. The van der Waals surface area contributed by atoms with Gasteiger partial charge in [0.15, 0.2) is 5.96 Å². The van der Waals surface area contributed by atoms with Crippen LogP contribution in [0.1, 0.15) is 37.7 Å². The summed E-state index contributed by atoms with van der Waals surface area (Å²) >= 11 is 0. The van der Waals surface area contributed by atoms with Gasteiger partial charge in [-0.3, -0.25) is 4.99 Å². The lowest BCUT2D eigenvalue weighted by Crippen LogP contribution is -2.42. The van der Waals surface area contributed by atoms with Gasteiger partial charge < -0.3 is 10.6 Å². The van der Waals surface area contributed by atoms with Gasteiger partial charge in [0.05, 0.1) is 0 Å². The van der Waals surface area contributed by atoms with Crippen molar-refractivity contribution in [2.24, 2.45) is 4.99 Å². The maximum atomic E-state index is 13.0. The van der Waals surface area contributed by atoms with Crippen molar-refractivity contribution in [3.63, 3.8) is 0 Å². The predicted molar refractivity (Wildman–Crippen MR) is 96.9 cm³/mol. The molecule has 0 heterocycles. The zero-order valence-corrected chi connectivity index (χ0v) is 14.9. The second-order valence-electron chi connectivity index (χ2n) is 5.36. The molecule has 2 N–H and O–H groups in total. The van der Waals surface area contributed by atoms with E-state index in [0.717, 1.165) is 30.9 Å². The first-order valence-electron chi connectivity index (χ1n) is 7.49. The average Bonchev–Trinajstić information content (AvgIpc) is 2.95. The minimum atomic E-state index is -0.158. The number of halogens is 2. The Morgan fingerprint density at radius 2 is 2.10 bits per heavy atom. The van der Waals surface area contributed by atoms with Crippen molar-refractivity contribution in [1.82, 2.24) is 10.6 Å². The highest BCUT2D eigenvalue weighted by Crippen LogP contribution is 2.17. The fraction of sp³-hybridized carbons (Fsp3) is 0.562. The molecular formula is C16H25FIN3. The Morgan fingerprint density at radius 1 is 1.33 bits per heavy atom. The molecular weight excluding hydrogens is 380 g/mol. The van der Waals surface area contributed by atoms with Gasteiger partial charge in [-0.15, -0.1) is 24.0 Å². The Kier molecular flexibility index (Phi) is 8.64. The minimum absolute atomic E-state index is 0. The molecule has 0 unspecified atom stereocenters. The van der Waals surface area contributed by atoms with Gasteiger partial charge in [0.2, 0.25) is 0 Å². The van der Waals surface area contributed by atoms with Crippen molar-refractivity contribution in [3.8, 4) is 0 Å². The Hall–Kier alpha value is -0.850. The van der Waals surface area contributed by atoms with Crippen LogP contribution >= 0.6 is 24.0 Å². The highest BCUT2D eigenvalue weighted by molar-refractivity contribution is 14.0. The van der Waals surface area contributed by atoms with E-state index in [1.807, 2.05) is 6.07 Å². The van der Waals surface area contributed by atoms with Crippen LogP contribution in [0.15, 0.2) is 29.3 Å². The summed E-state index contributed by atoms with van der Waals surface area (Å²) in [6.07, 6.45) is 6.95. The molecule has 0 bridgehead atoms. The molecule has 0 radical (unpaired) electrons. The van der Waals surface area contributed by atoms with Gasteiger partial charge in [0.25, 0.3) is 0 Å². The van der Waals surface area contributed by atoms with E-state index in [9.17, 15) is 4.39 Å². The van der Waals surface area contributed by atoms with Gasteiger partial charge in [-0.05, 0) is 43.4 Å². The number of nitrogens with one attached hydrogen (secondary N) is 2. The molecule has 118 valence electrons. The van der Waals surface area contributed by atoms with Gasteiger partial charge in [0.1, 0.15) is 5.82 Å². The maximum Gasteiger partial charge on any atom is 0.191 e. The highest BCUT2D eigenvalue weighted by Gasteiger charge is 2.15. The molecule has 0 saturated heterocycles. The molecule has 1 aromatic rings. The van der Waals surface area contributed by atoms with Crippen LogP contribution in [-0.4, -0.2) is 25.6 Å². The molecule has 21 heavy (non-hydrogen) atoms. The second-order valence-corrected chi connectivity index (χ2v) is 5.36. The molecule has 0 amide bonds. The summed E-state index contributed by atoms with van der Waals surface area (Å²) in [5.74, 6) is 0.727. The number of aliphatic imine (C=N–C) groups is 1. The summed E-state index contributed by atoms with van der Waals surface area (Å²) in [7, 11) is 1.80. The smallest absolute Gasteiger partial charge is 0.191 e. The molecule has 0 aromatic heterocycles. The summed E-state index contributed by atoms with van der Waals surface area (Å²) in [5.41, 5.74) is 1.05. The van der Waals surface area contributed by atoms with Crippen molar-refractivity contribution in [3.05, 3.63) is 35.6 Å². The third-order valence-electron chi connectivity index (χ3n) is 3.74. The first-order valence-corrected chi connectivity index (χ1v) is 7.49. The molecule has 0 atom stereocenters. The van der Waals surface area contributed by atoms with Crippen LogP contribution in [0.4, 0.5) is 4.39 Å². The van der Waals surface area contributed by atoms with Crippen LogP contribution in [0.2, 0.25) is 0 Å². The summed E-state index contributed by atoms with van der Waals surface area (Å²) < 4.78 is 13.0. The molecule has 3 nitrogen and oxygen atoms in total. The number of nitrogens with zero attached hydrogens (tertiary/aromatic N) is 1. The van der Waals surface area contributed by atoms with Gasteiger partial charge in [-0.1, -0.05) is 25.0 Å². The molecule has 1 aromatic carbocycles. The zero-order valence-electron chi connectivity index (χ0n) is 12.6. The predicted octanol–water partition coefficient (Wildman–Crippen LogP) is 3.48. The largest absolute Gasteiger partial charge is 0.356 e. The van der Waals surface area contributed by atoms with E-state index in [1.54, 1.807) is 19.2 Å². The highest BCUT2D eigenvalue weighted by atomic mass is 127. The summed E-state index contributed by atoms with van der Waals surface area (Å²) in [5, 5.41) is 6.78. The quantitative estimate of drug-likeness (QED) is 0.341. The molecule has 5 heteroatoms. The summed E-state index contributed by atoms with van der Waals surface area (Å²) in [6.45, 7) is 0.850. The Bertz CT molecular complexity index is 445. The molecule has 1 fully saturated rings. The van der Waals surface area contributed by atoms with Crippen molar-refractivity contribution in [2.75, 3.05) is 13.6 Å². The van der Waals surface area contributed by atoms with Crippen LogP contribution in [-0.2, 0) is 6.42 Å². The van der Waals surface area contributed by atoms with Crippen molar-refractivity contribution in [1.29, 1.82) is 0 Å². The van der Waals surface area contributed by atoms with Crippen LogP contribution in [0, 0.1) is 5.82 Å². The fourth-order valence-electron chi connectivity index (χ4n) is 2.65. The van der Waals surface area contributed by atoms with Crippen molar-refractivity contribution < 1.29 is 4.39 Å². The van der Waals surface area contributed by atoms with Gasteiger partial charge in [-0.25, -0.2) is 4.39 Å². The third kappa shape index (κ3) is 6.63. The lowest BCUT2D eigenvalue weighted by atomic mass is 10.1. The van der Waals surface area contributed by atoms with E-state index >= 15 is 0 Å². The number of aryl methyl sites for hydroxylation is 1. The van der Waals surface area contributed by atoms with Crippen molar-refractivity contribution >= 4 is 29.9 Å². The monoisotopic (exact) mass is 405 g/mol. The minimum Gasteiger partial charge on any atom is -0.356 e. The van der Waals surface area contributed by atoms with Crippen LogP contribution in [0.5, 0.6) is 0 Å². The molecule has 1 saturated carbocycles. The van der Waals surface area contributed by atoms with Gasteiger partial charge in [-0.2, -0.15) is 0 Å². The van der Waals surface area contributed by atoms with E-state index in [-0.39, 0.29) is 29.8 Å². The second kappa shape index (κ2) is 9.97. The van der Waals surface area contributed by atoms with E-state index in [4.69, 9.17) is 0 Å². The van der Waals surface area contributed by atoms with Crippen LogP contribution in [0.3, 0.4) is 0 Å². The van der Waals surface area contributed by atoms with Crippen molar-refractivity contribution in [2.45, 2.75) is 44.6 Å². The molecule has 0 aliphatic heterocycles. The number of hydrogen-bond donors (Lipinski definition) is 2. The average molecular weight is 405 g/mol. The van der Waals surface area contributed by atoms with E-state index in [2.05, 4.69) is 15.6 Å². The maximum absolute atomic E-state index is 13.0. The SMILES string of the molecule is CN=C(NCCCc1cccc(F)c1)NC1CCCC1.I. The normalized spacial score (nSPS) is 15.6. The lowest BCUT2D eigenvalue weighted by molar-refractivity contribution is 0.609. The topological polar surface area (TPSA) is 36.4 Å². The Morgan fingerprint density at radius 3 is 2.76 bits per heavy atom. The van der Waals surface area contributed by atoms with Crippen LogP contribution in [0.25, 0.3) is 0 Å². The summed E-state index contributed by atoms with van der Waals surface area (Å²) in [4.78, 5) is 4.24. The van der Waals surface area contributed by atoms with Gasteiger partial charge in [0, 0.05) is 19.6 Å². The number of rotatable bonds is 5. The number of benzene rings is 1. The zero-order chi connectivity index (χ0) is 14.2. The van der Waals surface area contributed by atoms with E-state index in [1.165, 1.54) is 31.7 Å².